The molecule has 0 saturated heterocycles. The number of allylic oxidation sites excluding steroid dienone is 2. The smallest absolute Gasteiger partial charge is 0.248 e. The fourth-order valence-electron chi connectivity index (χ4n) is 14.9. The van der Waals surface area contributed by atoms with Crippen molar-refractivity contribution in [3.8, 4) is 0 Å². The maximum Gasteiger partial charge on any atom is 0.248 e. The molecule has 1 aromatic heterocycles. The first-order valence-electron chi connectivity index (χ1n) is 32.6. The molecule has 6 fully saturated rings. The van der Waals surface area contributed by atoms with Crippen molar-refractivity contribution in [1.29, 1.82) is 0 Å². The van der Waals surface area contributed by atoms with Gasteiger partial charge in [0.2, 0.25) is 17.7 Å². The van der Waals surface area contributed by atoms with Crippen LogP contribution in [0.25, 0.3) is 5.57 Å². The summed E-state index contributed by atoms with van der Waals surface area (Å²) >= 11 is 0. The average molecular weight is 1050 g/mol. The Hall–Kier alpha value is -3.96. The molecule has 2 heterocycles. The van der Waals surface area contributed by atoms with Gasteiger partial charge in [-0.1, -0.05) is 205 Å². The second-order valence-electron chi connectivity index (χ2n) is 25.3. The van der Waals surface area contributed by atoms with Gasteiger partial charge >= 0.3 is 0 Å². The van der Waals surface area contributed by atoms with Gasteiger partial charge in [-0.3, -0.25) is 4.79 Å². The summed E-state index contributed by atoms with van der Waals surface area (Å²) in [7, 11) is 0. The number of anilines is 3. The molecule has 0 bridgehead atoms. The number of ketones is 1. The first-order chi connectivity index (χ1) is 37.6. The number of aliphatic hydroxyl groups is 1. The maximum atomic E-state index is 15.4. The molecule has 0 amide bonds. The predicted octanol–water partition coefficient (Wildman–Crippen LogP) is 15.6. The fraction of sp³-hybridized carbons (Fsp3) is 0.812. The molecule has 0 unspecified atom stereocenters. The van der Waals surface area contributed by atoms with Crippen molar-refractivity contribution in [3.05, 3.63) is 22.5 Å². The van der Waals surface area contributed by atoms with Gasteiger partial charge in [0, 0.05) is 39.3 Å². The van der Waals surface area contributed by atoms with Crippen LogP contribution in [-0.2, 0) is 4.79 Å². The van der Waals surface area contributed by atoms with E-state index in [9.17, 15) is 5.11 Å². The van der Waals surface area contributed by atoms with Crippen LogP contribution in [-0.4, -0.2) is 77.8 Å². The summed E-state index contributed by atoms with van der Waals surface area (Å²) < 4.78 is 0. The Morgan fingerprint density at radius 3 is 1.14 bits per heavy atom. The highest BCUT2D eigenvalue weighted by molar-refractivity contribution is 6.45. The summed E-state index contributed by atoms with van der Waals surface area (Å²) in [5.41, 5.74) is 1.68. The minimum atomic E-state index is -0.217. The molecule has 422 valence electrons. The van der Waals surface area contributed by atoms with E-state index in [1.807, 2.05) is 0 Å². The normalized spacial score (nSPS) is 22.9. The number of amidine groups is 2. The van der Waals surface area contributed by atoms with E-state index in [1.165, 1.54) is 205 Å². The van der Waals surface area contributed by atoms with Gasteiger partial charge in [-0.05, 0) is 86.9 Å². The topological polar surface area (TPSA) is 160 Å². The lowest BCUT2D eigenvalue weighted by Crippen LogP contribution is -2.42. The zero-order valence-electron chi connectivity index (χ0n) is 47.6. The van der Waals surface area contributed by atoms with Crippen LogP contribution in [0.15, 0.2) is 31.9 Å². The molecule has 9 rings (SSSR count). The number of aliphatic imine (C=N–C) groups is 3. The van der Waals surface area contributed by atoms with Crippen molar-refractivity contribution in [2.75, 3.05) is 55.2 Å². The highest BCUT2D eigenvalue weighted by Gasteiger charge is 2.43. The number of carbonyl (C=O) groups excluding carboxylic acids is 1. The lowest BCUT2D eigenvalue weighted by atomic mass is 9.80. The van der Waals surface area contributed by atoms with Crippen LogP contribution >= 0.6 is 0 Å². The van der Waals surface area contributed by atoms with Crippen LogP contribution in [0.2, 0.25) is 0 Å². The molecule has 7 aliphatic carbocycles. The van der Waals surface area contributed by atoms with Crippen LogP contribution in [0.4, 0.5) is 17.6 Å². The molecule has 1 aromatic rings. The lowest BCUT2D eigenvalue weighted by Gasteiger charge is -2.30. The third-order valence-electron chi connectivity index (χ3n) is 19.5. The molecule has 12 nitrogen and oxygen atoms in total. The summed E-state index contributed by atoms with van der Waals surface area (Å²) in [5.74, 6) is 8.20. The number of Topliss-reactive ketones (excluding diaryl/α,β-unsaturated/α-hetero) is 1. The van der Waals surface area contributed by atoms with Crippen molar-refractivity contribution < 1.29 is 9.90 Å². The molecule has 6 saturated carbocycles. The van der Waals surface area contributed by atoms with Crippen molar-refractivity contribution in [2.45, 2.75) is 257 Å². The van der Waals surface area contributed by atoms with E-state index < -0.39 is 0 Å². The second kappa shape index (κ2) is 31.0. The number of guanidine groups is 1. The Morgan fingerprint density at radius 2 is 0.737 bits per heavy atom. The van der Waals surface area contributed by atoms with Gasteiger partial charge in [-0.2, -0.15) is 20.0 Å². The average Bonchev–Trinajstić information content (AvgIpc) is 4.30. The van der Waals surface area contributed by atoms with Gasteiger partial charge in [0.25, 0.3) is 0 Å². The number of aromatic nitrogens is 2. The van der Waals surface area contributed by atoms with E-state index in [0.717, 1.165) is 120 Å². The fourth-order valence-corrected chi connectivity index (χ4v) is 14.9. The first-order valence-corrected chi connectivity index (χ1v) is 32.6. The van der Waals surface area contributed by atoms with Crippen molar-refractivity contribution >= 4 is 46.6 Å². The third kappa shape index (κ3) is 17.0. The Bertz CT molecular complexity index is 2110. The Kier molecular flexibility index (Phi) is 23.1. The molecular weight excluding hydrogens is 941 g/mol. The van der Waals surface area contributed by atoms with E-state index in [1.54, 1.807) is 0 Å². The molecule has 8 aliphatic rings. The summed E-state index contributed by atoms with van der Waals surface area (Å²) in [6.07, 6.45) is 51.0. The van der Waals surface area contributed by atoms with E-state index in [0.29, 0.717) is 52.9 Å². The summed E-state index contributed by atoms with van der Waals surface area (Å²) in [6, 6.07) is 0. The van der Waals surface area contributed by atoms with Crippen molar-refractivity contribution in [3.63, 3.8) is 0 Å². The van der Waals surface area contributed by atoms with Crippen LogP contribution in [0.1, 0.15) is 262 Å². The summed E-state index contributed by atoms with van der Waals surface area (Å²) in [6.45, 7) is 4.41. The zero-order chi connectivity index (χ0) is 52.0. The summed E-state index contributed by atoms with van der Waals surface area (Å²) in [4.78, 5) is 41.0. The first kappa shape index (κ1) is 56.7. The molecule has 6 N–H and O–H groups in total. The standard InChI is InChI=1S/C64H104N10O2/c75-57-53(55-59(65-41-17-13-35-47-23-1-2-24-47)71-63(69-43-19-15-37-49-27-5-6-28-49)73-61(55)67-45-21-39-51-31-9-10-32-51)58(76)54(57)56-60(66-42-18-14-36-48-25-3-4-26-48)72-64(70-44-20-16-38-50-29-7-8-30-50)74-62(56)68-46-22-40-52-33-11-12-34-52/h47-52,75H,1-46H2,(H2,65,67,69,71,73)(H3,66,68,70,72,74)/b55-53-. The third-order valence-corrected chi connectivity index (χ3v) is 19.5. The molecule has 12 heteroatoms. The van der Waals surface area contributed by atoms with Gasteiger partial charge in [0.1, 0.15) is 29.1 Å². The Balaban J connectivity index is 1.01. The lowest BCUT2D eigenvalue weighted by molar-refractivity contribution is -0.111. The predicted molar refractivity (Wildman–Crippen MR) is 318 cm³/mol. The minimum Gasteiger partial charge on any atom is -0.506 e. The molecule has 0 aromatic carbocycles. The largest absolute Gasteiger partial charge is 0.506 e. The SMILES string of the molecule is O=C1C(c2c(NCCCCC3CCCC3)nc(NCCCCC3CCCC3)nc2NCCCC2CCCC2)=C(O)/C1=C1\C(NCCCCC2CCCC2)=NC(=NCCCCC2CCCC2)N=C1NCCCC1CCCC1. The van der Waals surface area contributed by atoms with E-state index in [-0.39, 0.29) is 22.7 Å². The molecular formula is C64H104N10O2. The van der Waals surface area contributed by atoms with Crippen LogP contribution in [0, 0.1) is 35.5 Å². The highest BCUT2D eigenvalue weighted by atomic mass is 16.3. The number of hydrogen-bond donors (Lipinski definition) is 6. The second-order valence-corrected chi connectivity index (χ2v) is 25.3. The van der Waals surface area contributed by atoms with Crippen molar-refractivity contribution in [2.24, 2.45) is 50.5 Å². The Morgan fingerprint density at radius 1 is 0.395 bits per heavy atom. The van der Waals surface area contributed by atoms with E-state index in [2.05, 4.69) is 26.6 Å². The molecule has 0 spiro atoms. The van der Waals surface area contributed by atoms with Gasteiger partial charge in [0.15, 0.2) is 0 Å². The van der Waals surface area contributed by atoms with Crippen LogP contribution in [0.5, 0.6) is 0 Å². The van der Waals surface area contributed by atoms with Crippen LogP contribution in [0.3, 0.4) is 0 Å². The van der Waals surface area contributed by atoms with E-state index >= 15 is 4.79 Å². The monoisotopic (exact) mass is 1040 g/mol. The van der Waals surface area contributed by atoms with Crippen LogP contribution < -0.4 is 26.6 Å². The van der Waals surface area contributed by atoms with E-state index in [4.69, 9.17) is 24.9 Å². The highest BCUT2D eigenvalue weighted by Crippen LogP contribution is 2.44. The molecule has 76 heavy (non-hydrogen) atoms. The number of aliphatic hydroxyl groups excluding tert-OH is 1. The molecule has 1 aliphatic heterocycles. The van der Waals surface area contributed by atoms with Gasteiger partial charge in [-0.25, -0.2) is 4.99 Å². The molecule has 0 radical (unpaired) electrons. The number of hydrogen-bond acceptors (Lipinski definition) is 10. The van der Waals surface area contributed by atoms with Gasteiger partial charge in [-0.15, -0.1) is 0 Å². The number of nitrogens with zero attached hydrogens (tertiary/aromatic N) is 5. The zero-order valence-corrected chi connectivity index (χ0v) is 47.6. The number of unbranched alkanes of at least 4 members (excludes halogenated alkanes) is 4. The minimum absolute atomic E-state index is 0.0296. The van der Waals surface area contributed by atoms with Gasteiger partial charge < -0.3 is 31.7 Å². The number of nitrogens with one attached hydrogen (secondary N) is 5. The van der Waals surface area contributed by atoms with Gasteiger partial charge in [0.05, 0.1) is 22.3 Å². The molecule has 0 atom stereocenters. The number of carbonyl (C=O) groups is 1. The summed E-state index contributed by atoms with van der Waals surface area (Å²) in [5, 5.41) is 31.2. The number of rotatable bonds is 32. The Labute approximate surface area is 460 Å². The maximum absolute atomic E-state index is 15.4. The quantitative estimate of drug-likeness (QED) is 0.0305. The van der Waals surface area contributed by atoms with Crippen molar-refractivity contribution in [1.82, 2.24) is 20.6 Å².